The number of carbonyl (C=O) groups excluding carboxylic acids is 1. The van der Waals surface area contributed by atoms with Gasteiger partial charge in [-0.25, -0.2) is 4.79 Å². The van der Waals surface area contributed by atoms with Gasteiger partial charge in [0.05, 0.1) is 11.3 Å². The Hall–Kier alpha value is -3.48. The highest BCUT2D eigenvalue weighted by molar-refractivity contribution is 6.01. The minimum Gasteiger partial charge on any atom is -0.506 e. The molecular formula is C20H15F3N2O2. The van der Waals surface area contributed by atoms with Gasteiger partial charge in [0.25, 0.3) is 0 Å². The monoisotopic (exact) mass is 372 g/mol. The van der Waals surface area contributed by atoms with Crippen molar-refractivity contribution in [1.29, 1.82) is 0 Å². The van der Waals surface area contributed by atoms with Crippen LogP contribution in [-0.4, -0.2) is 11.1 Å². The summed E-state index contributed by atoms with van der Waals surface area (Å²) in [5, 5.41) is 14.7. The van der Waals surface area contributed by atoms with Gasteiger partial charge in [-0.2, -0.15) is 13.2 Å². The third-order valence-corrected chi connectivity index (χ3v) is 3.80. The van der Waals surface area contributed by atoms with Crippen LogP contribution < -0.4 is 10.6 Å². The van der Waals surface area contributed by atoms with Crippen LogP contribution in [0.1, 0.15) is 5.56 Å². The van der Waals surface area contributed by atoms with Gasteiger partial charge in [0.2, 0.25) is 0 Å². The number of hydrogen-bond acceptors (Lipinski definition) is 2. The molecule has 3 aromatic rings. The molecule has 0 fully saturated rings. The van der Waals surface area contributed by atoms with Crippen LogP contribution in [0.4, 0.5) is 29.3 Å². The first-order chi connectivity index (χ1) is 12.8. The minimum absolute atomic E-state index is 0.0129. The molecule has 3 aromatic carbocycles. The number of carbonyl (C=O) groups is 1. The number of amides is 2. The van der Waals surface area contributed by atoms with Gasteiger partial charge in [0.1, 0.15) is 5.75 Å². The van der Waals surface area contributed by atoms with Crippen molar-refractivity contribution in [2.75, 3.05) is 10.6 Å². The largest absolute Gasteiger partial charge is 0.506 e. The summed E-state index contributed by atoms with van der Waals surface area (Å²) in [4.78, 5) is 12.1. The number of anilines is 2. The maximum atomic E-state index is 12.7. The van der Waals surface area contributed by atoms with Crippen molar-refractivity contribution < 1.29 is 23.1 Å². The van der Waals surface area contributed by atoms with E-state index in [-0.39, 0.29) is 17.1 Å². The molecule has 0 unspecified atom stereocenters. The molecule has 0 spiro atoms. The topological polar surface area (TPSA) is 61.4 Å². The molecule has 0 saturated heterocycles. The van der Waals surface area contributed by atoms with Crippen LogP contribution in [0.25, 0.3) is 11.1 Å². The molecule has 27 heavy (non-hydrogen) atoms. The van der Waals surface area contributed by atoms with E-state index in [4.69, 9.17) is 0 Å². The molecule has 0 aliphatic carbocycles. The second-order valence-electron chi connectivity index (χ2n) is 5.76. The highest BCUT2D eigenvalue weighted by Gasteiger charge is 2.30. The standard InChI is InChI=1S/C20H15F3N2O2/c21-20(22,23)15-7-4-8-16(12-15)24-19(27)25-17-11-14(9-10-18(17)26)13-5-2-1-3-6-13/h1-12,26H,(H2,24,25,27). The number of benzene rings is 3. The second-order valence-corrected chi connectivity index (χ2v) is 5.76. The number of nitrogens with one attached hydrogen (secondary N) is 2. The molecule has 0 radical (unpaired) electrons. The van der Waals surface area contributed by atoms with E-state index in [1.54, 1.807) is 12.1 Å². The lowest BCUT2D eigenvalue weighted by Crippen LogP contribution is -2.20. The maximum Gasteiger partial charge on any atom is 0.416 e. The molecule has 3 N–H and O–H groups in total. The predicted octanol–water partition coefficient (Wildman–Crippen LogP) is 5.72. The summed E-state index contributed by atoms with van der Waals surface area (Å²) in [6, 6.07) is 17.6. The minimum atomic E-state index is -4.50. The van der Waals surface area contributed by atoms with Crippen LogP contribution >= 0.6 is 0 Å². The lowest BCUT2D eigenvalue weighted by atomic mass is 10.0. The Labute approximate surface area is 153 Å². The smallest absolute Gasteiger partial charge is 0.416 e. The molecule has 0 aliphatic rings. The lowest BCUT2D eigenvalue weighted by molar-refractivity contribution is -0.137. The van der Waals surface area contributed by atoms with Crippen LogP contribution in [0.15, 0.2) is 72.8 Å². The van der Waals surface area contributed by atoms with Crippen LogP contribution in [-0.2, 0) is 6.18 Å². The van der Waals surface area contributed by atoms with E-state index in [2.05, 4.69) is 10.6 Å². The van der Waals surface area contributed by atoms with Gasteiger partial charge >= 0.3 is 12.2 Å². The van der Waals surface area contributed by atoms with E-state index in [0.717, 1.165) is 23.3 Å². The summed E-state index contributed by atoms with van der Waals surface area (Å²) in [5.41, 5.74) is 0.915. The van der Waals surface area contributed by atoms with Crippen molar-refractivity contribution in [1.82, 2.24) is 0 Å². The summed E-state index contributed by atoms with van der Waals surface area (Å²) < 4.78 is 38.2. The van der Waals surface area contributed by atoms with E-state index in [9.17, 15) is 23.1 Å². The zero-order valence-electron chi connectivity index (χ0n) is 13.9. The van der Waals surface area contributed by atoms with Crippen molar-refractivity contribution in [3.8, 4) is 16.9 Å². The molecular weight excluding hydrogens is 357 g/mol. The van der Waals surface area contributed by atoms with Gasteiger partial charge in [-0.1, -0.05) is 42.5 Å². The number of aromatic hydroxyl groups is 1. The fourth-order valence-electron chi connectivity index (χ4n) is 2.50. The van der Waals surface area contributed by atoms with E-state index >= 15 is 0 Å². The fraction of sp³-hybridized carbons (Fsp3) is 0.0500. The highest BCUT2D eigenvalue weighted by atomic mass is 19.4. The third kappa shape index (κ3) is 4.58. The number of rotatable bonds is 3. The molecule has 0 aromatic heterocycles. The SMILES string of the molecule is O=C(Nc1cccc(C(F)(F)F)c1)Nc1cc(-c2ccccc2)ccc1O. The number of halogens is 3. The fourth-order valence-corrected chi connectivity index (χ4v) is 2.50. The molecule has 0 atom stereocenters. The summed E-state index contributed by atoms with van der Waals surface area (Å²) in [6.07, 6.45) is -4.50. The van der Waals surface area contributed by atoms with Gasteiger partial charge < -0.3 is 15.7 Å². The van der Waals surface area contributed by atoms with Crippen molar-refractivity contribution >= 4 is 17.4 Å². The quantitative estimate of drug-likeness (QED) is 0.515. The van der Waals surface area contributed by atoms with Gasteiger partial charge in [-0.3, -0.25) is 0 Å². The number of alkyl halides is 3. The van der Waals surface area contributed by atoms with Gasteiger partial charge in [-0.05, 0) is 41.5 Å². The van der Waals surface area contributed by atoms with Crippen molar-refractivity contribution in [2.24, 2.45) is 0 Å². The molecule has 2 amide bonds. The van der Waals surface area contributed by atoms with Crippen LogP contribution in [0.3, 0.4) is 0 Å². The Balaban J connectivity index is 1.77. The molecule has 138 valence electrons. The Bertz CT molecular complexity index is 957. The summed E-state index contributed by atoms with van der Waals surface area (Å²) in [5.74, 6) is -0.158. The zero-order chi connectivity index (χ0) is 19.4. The third-order valence-electron chi connectivity index (χ3n) is 3.80. The summed E-state index contributed by atoms with van der Waals surface area (Å²) in [7, 11) is 0. The molecule has 0 aliphatic heterocycles. The molecule has 3 rings (SSSR count). The molecule has 0 bridgehead atoms. The average Bonchev–Trinajstić information content (AvgIpc) is 2.64. The number of urea groups is 1. The van der Waals surface area contributed by atoms with Crippen molar-refractivity contribution in [3.63, 3.8) is 0 Å². The first-order valence-electron chi connectivity index (χ1n) is 7.96. The van der Waals surface area contributed by atoms with Crippen LogP contribution in [0.5, 0.6) is 5.75 Å². The Morgan fingerprint density at radius 3 is 2.26 bits per heavy atom. The molecule has 4 nitrogen and oxygen atoms in total. The Kier molecular flexibility index (Phi) is 5.03. The summed E-state index contributed by atoms with van der Waals surface area (Å²) in [6.45, 7) is 0. The van der Waals surface area contributed by atoms with E-state index < -0.39 is 17.8 Å². The first kappa shape index (κ1) is 18.3. The average molecular weight is 372 g/mol. The molecule has 0 heterocycles. The highest BCUT2D eigenvalue weighted by Crippen LogP contribution is 2.32. The van der Waals surface area contributed by atoms with E-state index in [1.165, 1.54) is 18.2 Å². The zero-order valence-corrected chi connectivity index (χ0v) is 13.9. The number of hydrogen-bond donors (Lipinski definition) is 3. The lowest BCUT2D eigenvalue weighted by Gasteiger charge is -2.12. The van der Waals surface area contributed by atoms with Crippen molar-refractivity contribution in [2.45, 2.75) is 6.18 Å². The van der Waals surface area contributed by atoms with E-state index in [0.29, 0.717) is 0 Å². The van der Waals surface area contributed by atoms with Crippen molar-refractivity contribution in [3.05, 3.63) is 78.4 Å². The van der Waals surface area contributed by atoms with Crippen LogP contribution in [0, 0.1) is 0 Å². The summed E-state index contributed by atoms with van der Waals surface area (Å²) >= 11 is 0. The Morgan fingerprint density at radius 2 is 1.56 bits per heavy atom. The first-order valence-corrected chi connectivity index (χ1v) is 7.96. The number of phenolic OH excluding ortho intramolecular Hbond substituents is 1. The van der Waals surface area contributed by atoms with Gasteiger partial charge in [0, 0.05) is 5.69 Å². The molecule has 7 heteroatoms. The van der Waals surface area contributed by atoms with Crippen LogP contribution in [0.2, 0.25) is 0 Å². The second kappa shape index (κ2) is 7.41. The molecule has 0 saturated carbocycles. The normalized spacial score (nSPS) is 11.1. The predicted molar refractivity (Wildman–Crippen MR) is 97.6 cm³/mol. The number of phenols is 1. The van der Waals surface area contributed by atoms with E-state index in [1.807, 2.05) is 30.3 Å². The maximum absolute atomic E-state index is 12.7. The Morgan fingerprint density at radius 1 is 0.815 bits per heavy atom. The van der Waals surface area contributed by atoms with Gasteiger partial charge in [0.15, 0.2) is 0 Å². The van der Waals surface area contributed by atoms with Gasteiger partial charge in [-0.15, -0.1) is 0 Å².